The molecule has 16 heavy (non-hydrogen) atoms. The molecular weight excluding hydrogens is 204 g/mol. The lowest BCUT2D eigenvalue weighted by molar-refractivity contribution is -0.00881. The van der Waals surface area contributed by atoms with Crippen LogP contribution >= 0.6 is 0 Å². The molecule has 3 unspecified atom stereocenters. The number of nitrogens with zero attached hydrogens (tertiary/aromatic N) is 1. The molecule has 96 valence electrons. The average Bonchev–Trinajstić information content (AvgIpc) is 2.31. The zero-order valence-corrected chi connectivity index (χ0v) is 11.0. The van der Waals surface area contributed by atoms with Crippen molar-refractivity contribution in [1.82, 2.24) is 10.2 Å². The van der Waals surface area contributed by atoms with Crippen LogP contribution in [0.15, 0.2) is 0 Å². The maximum atomic E-state index is 5.42. The van der Waals surface area contributed by atoms with E-state index in [0.717, 1.165) is 19.6 Å². The molecule has 4 heteroatoms. The average molecular weight is 230 g/mol. The summed E-state index contributed by atoms with van der Waals surface area (Å²) in [5, 5.41) is 3.56. The molecule has 1 N–H and O–H groups in total. The number of ether oxygens (including phenoxy) is 2. The fraction of sp³-hybridized carbons (Fsp3) is 1.00. The van der Waals surface area contributed by atoms with Gasteiger partial charge in [0.1, 0.15) is 0 Å². The Morgan fingerprint density at radius 2 is 2.19 bits per heavy atom. The predicted octanol–water partition coefficient (Wildman–Crippen LogP) is 0.720. The fourth-order valence-corrected chi connectivity index (χ4v) is 2.16. The largest absolute Gasteiger partial charge is 0.382 e. The van der Waals surface area contributed by atoms with Crippen LogP contribution in [0.3, 0.4) is 0 Å². The Morgan fingerprint density at radius 1 is 1.44 bits per heavy atom. The minimum Gasteiger partial charge on any atom is -0.382 e. The van der Waals surface area contributed by atoms with Gasteiger partial charge >= 0.3 is 0 Å². The van der Waals surface area contributed by atoms with Gasteiger partial charge < -0.3 is 14.8 Å². The molecule has 1 saturated heterocycles. The lowest BCUT2D eigenvalue weighted by atomic mass is 10.1. The van der Waals surface area contributed by atoms with E-state index in [-0.39, 0.29) is 6.10 Å². The second-order valence-corrected chi connectivity index (χ2v) is 4.63. The van der Waals surface area contributed by atoms with Crippen LogP contribution in [0.4, 0.5) is 0 Å². The van der Waals surface area contributed by atoms with E-state index in [1.54, 1.807) is 14.2 Å². The van der Waals surface area contributed by atoms with Crippen molar-refractivity contribution >= 4 is 0 Å². The molecule has 0 aromatic rings. The first-order chi connectivity index (χ1) is 7.71. The minimum atomic E-state index is 0.183. The Bertz CT molecular complexity index is 190. The van der Waals surface area contributed by atoms with E-state index in [0.29, 0.717) is 18.7 Å². The third kappa shape index (κ3) is 4.01. The first-order valence-electron chi connectivity index (χ1n) is 6.20. The Kier molecular flexibility index (Phi) is 6.28. The van der Waals surface area contributed by atoms with Gasteiger partial charge in [-0.25, -0.2) is 0 Å². The van der Waals surface area contributed by atoms with Gasteiger partial charge in [0.25, 0.3) is 0 Å². The van der Waals surface area contributed by atoms with Gasteiger partial charge in [-0.3, -0.25) is 4.90 Å². The SMILES string of the molecule is CCC1CN(CC(COC)OC)C(C)CN1. The Morgan fingerprint density at radius 3 is 2.75 bits per heavy atom. The first-order valence-corrected chi connectivity index (χ1v) is 6.20. The molecule has 1 heterocycles. The van der Waals surface area contributed by atoms with E-state index < -0.39 is 0 Å². The van der Waals surface area contributed by atoms with Crippen molar-refractivity contribution in [3.05, 3.63) is 0 Å². The van der Waals surface area contributed by atoms with Crippen molar-refractivity contribution in [2.45, 2.75) is 38.5 Å². The smallest absolute Gasteiger partial charge is 0.0931 e. The van der Waals surface area contributed by atoms with Gasteiger partial charge in [0.2, 0.25) is 0 Å². The van der Waals surface area contributed by atoms with Crippen molar-refractivity contribution in [2.24, 2.45) is 0 Å². The van der Waals surface area contributed by atoms with E-state index in [2.05, 4.69) is 24.1 Å². The molecule has 0 aromatic carbocycles. The molecule has 3 atom stereocenters. The van der Waals surface area contributed by atoms with Gasteiger partial charge in [0.15, 0.2) is 0 Å². The molecule has 0 bridgehead atoms. The number of hydrogen-bond acceptors (Lipinski definition) is 4. The molecule has 0 radical (unpaired) electrons. The highest BCUT2D eigenvalue weighted by molar-refractivity contribution is 4.84. The lowest BCUT2D eigenvalue weighted by Gasteiger charge is -2.39. The van der Waals surface area contributed by atoms with Crippen molar-refractivity contribution < 1.29 is 9.47 Å². The van der Waals surface area contributed by atoms with Gasteiger partial charge in [-0.1, -0.05) is 6.92 Å². The Balaban J connectivity index is 2.42. The molecule has 0 aliphatic carbocycles. The topological polar surface area (TPSA) is 33.7 Å². The molecule has 0 saturated carbocycles. The zero-order valence-electron chi connectivity index (χ0n) is 11.0. The van der Waals surface area contributed by atoms with E-state index >= 15 is 0 Å². The van der Waals surface area contributed by atoms with Crippen molar-refractivity contribution in [3.63, 3.8) is 0 Å². The summed E-state index contributed by atoms with van der Waals surface area (Å²) in [4.78, 5) is 2.50. The maximum absolute atomic E-state index is 5.42. The van der Waals surface area contributed by atoms with Gasteiger partial charge in [-0.15, -0.1) is 0 Å². The summed E-state index contributed by atoms with van der Waals surface area (Å²) in [5.74, 6) is 0. The first kappa shape index (κ1) is 13.9. The van der Waals surface area contributed by atoms with E-state index in [9.17, 15) is 0 Å². The highest BCUT2D eigenvalue weighted by Crippen LogP contribution is 2.10. The number of piperazine rings is 1. The van der Waals surface area contributed by atoms with Crippen LogP contribution in [0, 0.1) is 0 Å². The van der Waals surface area contributed by atoms with Crippen LogP contribution in [0.25, 0.3) is 0 Å². The van der Waals surface area contributed by atoms with E-state index in [4.69, 9.17) is 9.47 Å². The number of rotatable bonds is 6. The summed E-state index contributed by atoms with van der Waals surface area (Å²) < 4.78 is 10.6. The Hall–Kier alpha value is -0.160. The van der Waals surface area contributed by atoms with Crippen LogP contribution in [0.2, 0.25) is 0 Å². The maximum Gasteiger partial charge on any atom is 0.0931 e. The second kappa shape index (κ2) is 7.22. The van der Waals surface area contributed by atoms with Crippen LogP contribution in [-0.4, -0.2) is 63.5 Å². The van der Waals surface area contributed by atoms with Crippen LogP contribution in [-0.2, 0) is 9.47 Å². The summed E-state index contributed by atoms with van der Waals surface area (Å²) in [6, 6.07) is 1.20. The van der Waals surface area contributed by atoms with Crippen LogP contribution in [0.1, 0.15) is 20.3 Å². The summed E-state index contributed by atoms with van der Waals surface area (Å²) in [6.07, 6.45) is 1.37. The van der Waals surface area contributed by atoms with Crippen molar-refractivity contribution in [2.75, 3.05) is 40.5 Å². The monoisotopic (exact) mass is 230 g/mol. The second-order valence-electron chi connectivity index (χ2n) is 4.63. The molecule has 4 nitrogen and oxygen atoms in total. The number of nitrogens with one attached hydrogen (secondary N) is 1. The van der Waals surface area contributed by atoms with E-state index in [1.165, 1.54) is 6.42 Å². The van der Waals surface area contributed by atoms with Gasteiger partial charge in [0, 0.05) is 45.9 Å². The van der Waals surface area contributed by atoms with Gasteiger partial charge in [-0.05, 0) is 13.3 Å². The summed E-state index contributed by atoms with van der Waals surface area (Å²) in [5.41, 5.74) is 0. The van der Waals surface area contributed by atoms with Crippen LogP contribution < -0.4 is 5.32 Å². The zero-order chi connectivity index (χ0) is 12.0. The summed E-state index contributed by atoms with van der Waals surface area (Å²) in [6.45, 7) is 8.31. The molecule has 0 aromatic heterocycles. The predicted molar refractivity (Wildman–Crippen MR) is 65.8 cm³/mol. The van der Waals surface area contributed by atoms with Crippen molar-refractivity contribution in [3.8, 4) is 0 Å². The van der Waals surface area contributed by atoms with Gasteiger partial charge in [-0.2, -0.15) is 0 Å². The molecule has 1 rings (SSSR count). The molecular formula is C12H26N2O2. The quantitative estimate of drug-likeness (QED) is 0.729. The fourth-order valence-electron chi connectivity index (χ4n) is 2.16. The van der Waals surface area contributed by atoms with E-state index in [1.807, 2.05) is 0 Å². The number of hydrogen-bond donors (Lipinski definition) is 1. The van der Waals surface area contributed by atoms with Gasteiger partial charge in [0.05, 0.1) is 12.7 Å². The third-order valence-electron chi connectivity index (χ3n) is 3.40. The standard InChI is InChI=1S/C12H26N2O2/c1-5-11-7-14(10(2)6-13-11)8-12(16-4)9-15-3/h10-13H,5-9H2,1-4H3. The molecule has 1 aliphatic rings. The van der Waals surface area contributed by atoms with Crippen molar-refractivity contribution in [1.29, 1.82) is 0 Å². The highest BCUT2D eigenvalue weighted by Gasteiger charge is 2.25. The van der Waals surface area contributed by atoms with Crippen LogP contribution in [0.5, 0.6) is 0 Å². The lowest BCUT2D eigenvalue weighted by Crippen LogP contribution is -2.57. The molecule has 0 spiro atoms. The Labute approximate surface area is 99.3 Å². The number of methoxy groups -OCH3 is 2. The molecule has 1 aliphatic heterocycles. The molecule has 0 amide bonds. The highest BCUT2D eigenvalue weighted by atomic mass is 16.5. The normalized spacial score (nSPS) is 29.2. The third-order valence-corrected chi connectivity index (χ3v) is 3.40. The minimum absolute atomic E-state index is 0.183. The summed E-state index contributed by atoms with van der Waals surface area (Å²) in [7, 11) is 3.48. The summed E-state index contributed by atoms with van der Waals surface area (Å²) >= 11 is 0. The molecule has 1 fully saturated rings.